The highest BCUT2D eigenvalue weighted by molar-refractivity contribution is 5.89. The molecule has 3 fully saturated rings. The molecule has 5 aromatic rings. The molecule has 56 heavy (non-hydrogen) atoms. The van der Waals surface area contributed by atoms with Gasteiger partial charge in [-0.1, -0.05) is 51.1 Å². The quantitative estimate of drug-likeness (QED) is 0.152. The fraction of sp³-hybridized carbons (Fsp3) is 0.488. The molecule has 294 valence electrons. The van der Waals surface area contributed by atoms with E-state index in [1.165, 1.54) is 32.1 Å². The summed E-state index contributed by atoms with van der Waals surface area (Å²) in [5.41, 5.74) is 4.66. The molecule has 13 heteroatoms. The van der Waals surface area contributed by atoms with Gasteiger partial charge in [0.1, 0.15) is 30.0 Å². The van der Waals surface area contributed by atoms with Crippen molar-refractivity contribution in [1.82, 2.24) is 34.6 Å². The minimum absolute atomic E-state index is 0.159. The van der Waals surface area contributed by atoms with E-state index in [2.05, 4.69) is 67.9 Å². The summed E-state index contributed by atoms with van der Waals surface area (Å²) < 4.78 is 22.2. The van der Waals surface area contributed by atoms with Crippen LogP contribution in [0.25, 0.3) is 11.3 Å². The number of nitrogens with zero attached hydrogens (tertiary/aromatic N) is 7. The molecule has 2 aliphatic carbocycles. The highest BCUT2D eigenvalue weighted by Gasteiger charge is 2.50. The van der Waals surface area contributed by atoms with Crippen LogP contribution in [0.4, 0.5) is 16.6 Å². The standard InChI is InChI=1S/C43H53N9O4/c1-42(2,3)37-28-39(52(48-37)30-9-8-10-31(27-30)55-26-23-49-21-24-54-25-22-49)45-40(53)44-35-14-15-36(34-12-5-4-11-33(34)35)56-32-13-16-38-46-47-41(50(38)29-32)51-20-7-6-17-43(51)18-19-43/h4-5,8-13,16,27-29,35-36H,6-7,14-15,17-26H2,1-3H3,(H2,44,45,53)/t35-,36+/m0/s1. The molecular formula is C43H53N9O4. The predicted octanol–water partition coefficient (Wildman–Crippen LogP) is 7.22. The molecular weight excluding hydrogens is 707 g/mol. The Morgan fingerprint density at radius 1 is 0.911 bits per heavy atom. The van der Waals surface area contributed by atoms with E-state index in [9.17, 15) is 4.79 Å². The molecule has 2 saturated heterocycles. The van der Waals surface area contributed by atoms with Crippen molar-refractivity contribution in [3.8, 4) is 17.2 Å². The fourth-order valence-electron chi connectivity index (χ4n) is 8.54. The van der Waals surface area contributed by atoms with Crippen LogP contribution >= 0.6 is 0 Å². The summed E-state index contributed by atoms with van der Waals surface area (Å²) in [6.45, 7) is 12.2. The molecule has 5 heterocycles. The maximum absolute atomic E-state index is 13.8. The van der Waals surface area contributed by atoms with Crippen molar-refractivity contribution >= 4 is 23.4 Å². The number of ether oxygens (including phenoxy) is 3. The Labute approximate surface area is 328 Å². The van der Waals surface area contributed by atoms with Gasteiger partial charge in [0.05, 0.1) is 36.8 Å². The van der Waals surface area contributed by atoms with Crippen LogP contribution in [-0.2, 0) is 10.2 Å². The summed E-state index contributed by atoms with van der Waals surface area (Å²) in [5, 5.41) is 20.5. The Hall–Kier alpha value is -5.14. The molecule has 4 aliphatic rings. The largest absolute Gasteiger partial charge is 0.492 e. The minimum atomic E-state index is -0.291. The number of morpholine rings is 1. The van der Waals surface area contributed by atoms with E-state index in [1.807, 2.05) is 60.8 Å². The van der Waals surface area contributed by atoms with Gasteiger partial charge in [0.2, 0.25) is 5.95 Å². The molecule has 0 bridgehead atoms. The van der Waals surface area contributed by atoms with E-state index in [0.717, 1.165) is 97.8 Å². The molecule has 13 nitrogen and oxygen atoms in total. The van der Waals surface area contributed by atoms with Crippen LogP contribution in [0.3, 0.4) is 0 Å². The average Bonchev–Trinajstić information content (AvgIpc) is 3.62. The van der Waals surface area contributed by atoms with E-state index in [0.29, 0.717) is 12.4 Å². The van der Waals surface area contributed by atoms with Crippen LogP contribution in [-0.4, -0.2) is 86.8 Å². The number of fused-ring (bicyclic) bond motifs is 2. The zero-order chi connectivity index (χ0) is 38.3. The topological polar surface area (TPSA) is 123 Å². The maximum atomic E-state index is 13.8. The van der Waals surface area contributed by atoms with E-state index in [1.54, 1.807) is 4.68 Å². The molecule has 2 atom stereocenters. The Kier molecular flexibility index (Phi) is 9.82. The second kappa shape index (κ2) is 15.1. The number of hydrogen-bond acceptors (Lipinski definition) is 9. The molecule has 9 rings (SSSR count). The summed E-state index contributed by atoms with van der Waals surface area (Å²) in [6.07, 6.45) is 9.50. The molecule has 0 radical (unpaired) electrons. The van der Waals surface area contributed by atoms with Crippen LogP contribution in [0.5, 0.6) is 11.5 Å². The van der Waals surface area contributed by atoms with Gasteiger partial charge in [-0.25, -0.2) is 9.48 Å². The normalized spacial score (nSPS) is 20.8. The van der Waals surface area contributed by atoms with Gasteiger partial charge in [-0.05, 0) is 80.3 Å². The molecule has 2 aromatic carbocycles. The van der Waals surface area contributed by atoms with Gasteiger partial charge in [-0.3, -0.25) is 14.6 Å². The molecule has 3 aromatic heterocycles. The van der Waals surface area contributed by atoms with E-state index >= 15 is 0 Å². The number of rotatable bonds is 10. The van der Waals surface area contributed by atoms with Gasteiger partial charge in [-0.15, -0.1) is 10.2 Å². The number of aromatic nitrogens is 5. The monoisotopic (exact) mass is 759 g/mol. The first-order valence-corrected chi connectivity index (χ1v) is 20.3. The smallest absolute Gasteiger partial charge is 0.320 e. The summed E-state index contributed by atoms with van der Waals surface area (Å²) in [7, 11) is 0. The van der Waals surface area contributed by atoms with Crippen molar-refractivity contribution in [3.05, 3.63) is 89.7 Å². The van der Waals surface area contributed by atoms with Gasteiger partial charge in [-0.2, -0.15) is 5.10 Å². The zero-order valence-corrected chi connectivity index (χ0v) is 32.7. The van der Waals surface area contributed by atoms with Crippen LogP contribution in [0, 0.1) is 0 Å². The Balaban J connectivity index is 0.891. The number of pyridine rings is 1. The van der Waals surface area contributed by atoms with Crippen molar-refractivity contribution in [2.45, 2.75) is 88.8 Å². The van der Waals surface area contributed by atoms with Crippen LogP contribution in [0.1, 0.15) is 94.7 Å². The molecule has 2 N–H and O–H groups in total. The van der Waals surface area contributed by atoms with Crippen molar-refractivity contribution in [3.63, 3.8) is 0 Å². The van der Waals surface area contributed by atoms with E-state index in [-0.39, 0.29) is 29.1 Å². The highest BCUT2D eigenvalue weighted by Crippen LogP contribution is 2.50. The lowest BCUT2D eigenvalue weighted by atomic mass is 9.85. The zero-order valence-electron chi connectivity index (χ0n) is 32.7. The number of nitrogens with one attached hydrogen (secondary N) is 2. The van der Waals surface area contributed by atoms with E-state index < -0.39 is 0 Å². The van der Waals surface area contributed by atoms with Crippen LogP contribution < -0.4 is 25.0 Å². The van der Waals surface area contributed by atoms with Crippen molar-refractivity contribution < 1.29 is 19.0 Å². The van der Waals surface area contributed by atoms with Gasteiger partial charge in [0, 0.05) is 49.3 Å². The fourth-order valence-corrected chi connectivity index (χ4v) is 8.54. The number of hydrogen-bond donors (Lipinski definition) is 2. The number of anilines is 2. The summed E-state index contributed by atoms with van der Waals surface area (Å²) in [6, 6.07) is 21.6. The summed E-state index contributed by atoms with van der Waals surface area (Å²) in [5.74, 6) is 3.03. The third-order valence-corrected chi connectivity index (χ3v) is 11.9. The van der Waals surface area contributed by atoms with Gasteiger partial charge in [0.15, 0.2) is 5.65 Å². The summed E-state index contributed by atoms with van der Waals surface area (Å²) in [4.78, 5) is 18.7. The second-order valence-electron chi connectivity index (χ2n) is 16.8. The minimum Gasteiger partial charge on any atom is -0.492 e. The Morgan fingerprint density at radius 2 is 1.75 bits per heavy atom. The SMILES string of the molecule is CC(C)(C)c1cc(NC(=O)N[C@H]2CC[C@@H](Oc3ccc4nnc(N5CCCCC56CC6)n4c3)c3ccccc32)n(-c2cccc(OCCN3CCOCC3)c2)n1. The number of benzene rings is 2. The highest BCUT2D eigenvalue weighted by atomic mass is 16.5. The molecule has 2 aliphatic heterocycles. The molecule has 1 saturated carbocycles. The number of urea groups is 1. The van der Waals surface area contributed by atoms with Crippen LogP contribution in [0.2, 0.25) is 0 Å². The third-order valence-electron chi connectivity index (χ3n) is 11.9. The van der Waals surface area contributed by atoms with E-state index in [4.69, 9.17) is 19.3 Å². The molecule has 0 unspecified atom stereocenters. The summed E-state index contributed by atoms with van der Waals surface area (Å²) >= 11 is 0. The first-order chi connectivity index (χ1) is 27.2. The number of carbonyl (C=O) groups is 1. The Morgan fingerprint density at radius 3 is 2.57 bits per heavy atom. The molecule has 1 spiro atoms. The average molecular weight is 760 g/mol. The van der Waals surface area contributed by atoms with Crippen molar-refractivity contribution in [1.29, 1.82) is 0 Å². The first kappa shape index (κ1) is 36.5. The first-order valence-electron chi connectivity index (χ1n) is 20.3. The van der Waals surface area contributed by atoms with Crippen LogP contribution in [0.15, 0.2) is 72.9 Å². The molecule has 2 amide bonds. The van der Waals surface area contributed by atoms with Crippen molar-refractivity contribution in [2.24, 2.45) is 0 Å². The second-order valence-corrected chi connectivity index (χ2v) is 16.8. The predicted molar refractivity (Wildman–Crippen MR) is 215 cm³/mol. The lowest BCUT2D eigenvalue weighted by Crippen LogP contribution is -2.42. The lowest BCUT2D eigenvalue weighted by Gasteiger charge is -2.36. The number of piperidine rings is 1. The maximum Gasteiger partial charge on any atom is 0.320 e. The van der Waals surface area contributed by atoms with Gasteiger partial charge >= 0.3 is 6.03 Å². The Bertz CT molecular complexity index is 2180. The third kappa shape index (κ3) is 7.54. The van der Waals surface area contributed by atoms with Gasteiger partial charge in [0.25, 0.3) is 0 Å². The lowest BCUT2D eigenvalue weighted by molar-refractivity contribution is 0.0322. The number of carbonyl (C=O) groups excluding carboxylic acids is 1. The van der Waals surface area contributed by atoms with Crippen molar-refractivity contribution in [2.75, 3.05) is 56.2 Å². The number of amides is 2. The van der Waals surface area contributed by atoms with Gasteiger partial charge < -0.3 is 24.4 Å².